The molecule has 2 N–H and O–H groups in total. The van der Waals surface area contributed by atoms with Crippen molar-refractivity contribution in [3.8, 4) is 6.07 Å². The highest BCUT2D eigenvalue weighted by Gasteiger charge is 2.35. The molecular weight excluding hydrogens is 286 g/mol. The summed E-state index contributed by atoms with van der Waals surface area (Å²) in [6, 6.07) is 2.30. The van der Waals surface area contributed by atoms with Crippen molar-refractivity contribution in [2.75, 3.05) is 0 Å². The van der Waals surface area contributed by atoms with Gasteiger partial charge in [0.05, 0.1) is 24.2 Å². The van der Waals surface area contributed by atoms with E-state index in [1.54, 1.807) is 0 Å². The minimum atomic E-state index is -0.398. The second-order valence-corrected chi connectivity index (χ2v) is 8.47. The number of rotatable bonds is 2. The molecule has 3 nitrogen and oxygen atoms in total. The van der Waals surface area contributed by atoms with Crippen molar-refractivity contribution in [2.45, 2.75) is 89.3 Å². The average molecular weight is 319 g/mol. The quantitative estimate of drug-likeness (QED) is 0.755. The van der Waals surface area contributed by atoms with Gasteiger partial charge < -0.3 is 10.2 Å². The molecule has 3 aliphatic carbocycles. The van der Waals surface area contributed by atoms with Gasteiger partial charge in [0.25, 0.3) is 0 Å². The second kappa shape index (κ2) is 7.99. The van der Waals surface area contributed by atoms with Gasteiger partial charge in [0.1, 0.15) is 0 Å². The summed E-state index contributed by atoms with van der Waals surface area (Å²) in [4.78, 5) is 0. The first-order valence-corrected chi connectivity index (χ1v) is 9.93. The number of hydrogen-bond acceptors (Lipinski definition) is 3. The van der Waals surface area contributed by atoms with Crippen LogP contribution in [0.2, 0.25) is 0 Å². The standard InChI is InChI=1S/C20H33NO2/c21-13-18-3-1-2-17(12-20(18)23)16-6-4-14(5-7-16)15-8-10-19(22)11-9-15/h14-20,22-23H,1-12H2. The Labute approximate surface area is 141 Å². The molecule has 0 aromatic heterocycles. The zero-order chi connectivity index (χ0) is 16.2. The molecule has 0 aromatic carbocycles. The lowest BCUT2D eigenvalue weighted by Gasteiger charge is -2.39. The summed E-state index contributed by atoms with van der Waals surface area (Å²) < 4.78 is 0. The van der Waals surface area contributed by atoms with E-state index in [0.717, 1.165) is 49.9 Å². The summed E-state index contributed by atoms with van der Waals surface area (Å²) in [6.45, 7) is 0. The van der Waals surface area contributed by atoms with Crippen molar-refractivity contribution >= 4 is 0 Å². The van der Waals surface area contributed by atoms with Gasteiger partial charge in [-0.15, -0.1) is 0 Å². The van der Waals surface area contributed by atoms with Crippen LogP contribution in [0, 0.1) is 40.9 Å². The number of aliphatic hydroxyl groups excluding tert-OH is 2. The van der Waals surface area contributed by atoms with Crippen molar-refractivity contribution in [1.29, 1.82) is 5.26 Å². The second-order valence-electron chi connectivity index (χ2n) is 8.47. The summed E-state index contributed by atoms with van der Waals surface area (Å²) in [5.74, 6) is 3.00. The van der Waals surface area contributed by atoms with Gasteiger partial charge in [0, 0.05) is 0 Å². The number of nitrogens with zero attached hydrogens (tertiary/aromatic N) is 1. The highest BCUT2D eigenvalue weighted by Crippen LogP contribution is 2.44. The Bertz CT molecular complexity index is 402. The molecule has 3 saturated carbocycles. The Kier molecular flexibility index (Phi) is 5.99. The summed E-state index contributed by atoms with van der Waals surface area (Å²) in [5.41, 5.74) is 0. The molecule has 0 aromatic rings. The molecular formula is C20H33NO2. The number of hydrogen-bond donors (Lipinski definition) is 2. The van der Waals surface area contributed by atoms with Gasteiger partial charge in [-0.3, -0.25) is 0 Å². The molecule has 0 heterocycles. The molecule has 0 saturated heterocycles. The first kappa shape index (κ1) is 17.2. The maximum Gasteiger partial charge on any atom is 0.0722 e. The van der Waals surface area contributed by atoms with Crippen LogP contribution in [0.4, 0.5) is 0 Å². The average Bonchev–Trinajstić information content (AvgIpc) is 2.77. The van der Waals surface area contributed by atoms with E-state index in [9.17, 15) is 10.2 Å². The molecule has 23 heavy (non-hydrogen) atoms. The summed E-state index contributed by atoms with van der Waals surface area (Å²) in [6.07, 6.45) is 13.4. The molecule has 3 atom stereocenters. The molecule has 3 unspecified atom stereocenters. The van der Waals surface area contributed by atoms with E-state index in [-0.39, 0.29) is 12.0 Å². The van der Waals surface area contributed by atoms with Gasteiger partial charge in [0.2, 0.25) is 0 Å². The highest BCUT2D eigenvalue weighted by molar-refractivity contribution is 4.93. The van der Waals surface area contributed by atoms with Gasteiger partial charge in [-0.1, -0.05) is 12.8 Å². The van der Waals surface area contributed by atoms with Crippen molar-refractivity contribution < 1.29 is 10.2 Å². The maximum atomic E-state index is 10.3. The lowest BCUT2D eigenvalue weighted by atomic mass is 9.67. The third-order valence-corrected chi connectivity index (χ3v) is 7.16. The Morgan fingerprint density at radius 3 is 1.74 bits per heavy atom. The molecule has 3 rings (SSSR count). The van der Waals surface area contributed by atoms with E-state index in [0.29, 0.717) is 5.92 Å². The first-order chi connectivity index (χ1) is 11.2. The monoisotopic (exact) mass is 319 g/mol. The third kappa shape index (κ3) is 4.28. The molecule has 0 radical (unpaired) electrons. The van der Waals surface area contributed by atoms with E-state index in [4.69, 9.17) is 5.26 Å². The molecule has 0 amide bonds. The fraction of sp³-hybridized carbons (Fsp3) is 0.950. The smallest absolute Gasteiger partial charge is 0.0722 e. The zero-order valence-electron chi connectivity index (χ0n) is 14.4. The van der Waals surface area contributed by atoms with Crippen LogP contribution in [0.3, 0.4) is 0 Å². The Morgan fingerprint density at radius 1 is 0.652 bits per heavy atom. The molecule has 3 heteroatoms. The van der Waals surface area contributed by atoms with E-state index < -0.39 is 6.10 Å². The topological polar surface area (TPSA) is 64.2 Å². The van der Waals surface area contributed by atoms with Gasteiger partial charge in [-0.05, 0) is 87.9 Å². The van der Waals surface area contributed by atoms with Crippen molar-refractivity contribution in [3.05, 3.63) is 0 Å². The number of nitriles is 1. The van der Waals surface area contributed by atoms with Crippen LogP contribution in [0.25, 0.3) is 0 Å². The van der Waals surface area contributed by atoms with E-state index >= 15 is 0 Å². The molecule has 0 bridgehead atoms. The summed E-state index contributed by atoms with van der Waals surface area (Å²) in [7, 11) is 0. The van der Waals surface area contributed by atoms with Crippen LogP contribution in [-0.4, -0.2) is 22.4 Å². The molecule has 3 fully saturated rings. The van der Waals surface area contributed by atoms with Crippen LogP contribution in [0.15, 0.2) is 0 Å². The van der Waals surface area contributed by atoms with Gasteiger partial charge >= 0.3 is 0 Å². The molecule has 0 aliphatic heterocycles. The van der Waals surface area contributed by atoms with Gasteiger partial charge in [-0.25, -0.2) is 0 Å². The predicted molar refractivity (Wildman–Crippen MR) is 90.5 cm³/mol. The van der Waals surface area contributed by atoms with E-state index in [2.05, 4.69) is 6.07 Å². The summed E-state index contributed by atoms with van der Waals surface area (Å²) in [5, 5.41) is 29.1. The van der Waals surface area contributed by atoms with Crippen LogP contribution < -0.4 is 0 Å². The highest BCUT2D eigenvalue weighted by atomic mass is 16.3. The first-order valence-electron chi connectivity index (χ1n) is 9.93. The lowest BCUT2D eigenvalue weighted by Crippen LogP contribution is -2.30. The maximum absolute atomic E-state index is 10.3. The Balaban J connectivity index is 1.48. The van der Waals surface area contributed by atoms with Crippen LogP contribution >= 0.6 is 0 Å². The minimum Gasteiger partial charge on any atom is -0.393 e. The zero-order valence-corrected chi connectivity index (χ0v) is 14.4. The summed E-state index contributed by atoms with van der Waals surface area (Å²) >= 11 is 0. The minimum absolute atomic E-state index is 0.0388. The van der Waals surface area contributed by atoms with Crippen molar-refractivity contribution in [2.24, 2.45) is 29.6 Å². The van der Waals surface area contributed by atoms with Crippen LogP contribution in [-0.2, 0) is 0 Å². The normalized spacial score (nSPS) is 45.9. The lowest BCUT2D eigenvalue weighted by molar-refractivity contribution is 0.0611. The van der Waals surface area contributed by atoms with Crippen LogP contribution in [0.1, 0.15) is 77.0 Å². The third-order valence-electron chi connectivity index (χ3n) is 7.16. The van der Waals surface area contributed by atoms with Gasteiger partial charge in [0.15, 0.2) is 0 Å². The van der Waals surface area contributed by atoms with E-state index in [1.807, 2.05) is 0 Å². The Hall–Kier alpha value is -0.590. The fourth-order valence-corrected chi connectivity index (χ4v) is 5.62. The van der Waals surface area contributed by atoms with Crippen molar-refractivity contribution in [3.63, 3.8) is 0 Å². The predicted octanol–water partition coefficient (Wildman–Crippen LogP) is 4.03. The molecule has 0 spiro atoms. The largest absolute Gasteiger partial charge is 0.393 e. The van der Waals surface area contributed by atoms with E-state index in [1.165, 1.54) is 44.9 Å². The Morgan fingerprint density at radius 2 is 1.17 bits per heavy atom. The van der Waals surface area contributed by atoms with Gasteiger partial charge in [-0.2, -0.15) is 5.26 Å². The SMILES string of the molecule is N#CC1CCCC(C2CCC(C3CCC(O)CC3)CC2)CC1O. The number of aliphatic hydroxyl groups is 2. The molecule has 3 aliphatic rings. The van der Waals surface area contributed by atoms with Crippen molar-refractivity contribution in [1.82, 2.24) is 0 Å². The fourth-order valence-electron chi connectivity index (χ4n) is 5.62. The molecule has 130 valence electrons. The van der Waals surface area contributed by atoms with Crippen LogP contribution in [0.5, 0.6) is 0 Å².